The number of hydrogen-bond acceptors (Lipinski definition) is 6. The molecular weight excluding hydrogens is 328 g/mol. The molecule has 24 heavy (non-hydrogen) atoms. The minimum absolute atomic E-state index is 0.0597. The summed E-state index contributed by atoms with van der Waals surface area (Å²) in [7, 11) is 0. The van der Waals surface area contributed by atoms with E-state index in [1.54, 1.807) is 12.1 Å². The van der Waals surface area contributed by atoms with E-state index in [0.29, 0.717) is 23.2 Å². The maximum atomic E-state index is 12.1. The lowest BCUT2D eigenvalue weighted by atomic mass is 9.98. The lowest BCUT2D eigenvalue weighted by Gasteiger charge is -2.32. The molecule has 1 aliphatic rings. The molecule has 1 amide bonds. The Morgan fingerprint density at radius 1 is 1.42 bits per heavy atom. The second kappa shape index (κ2) is 7.39. The van der Waals surface area contributed by atoms with Crippen molar-refractivity contribution in [2.24, 2.45) is 5.92 Å². The molecule has 126 valence electrons. The molecule has 0 saturated carbocycles. The summed E-state index contributed by atoms with van der Waals surface area (Å²) in [6.45, 7) is 2.19. The summed E-state index contributed by atoms with van der Waals surface area (Å²) in [4.78, 5) is 28.7. The van der Waals surface area contributed by atoms with E-state index >= 15 is 0 Å². The minimum Gasteiger partial charge on any atom is -0.352 e. The molecule has 0 spiro atoms. The second-order valence-electron chi connectivity index (χ2n) is 5.77. The van der Waals surface area contributed by atoms with Crippen LogP contribution in [0.5, 0.6) is 0 Å². The molecule has 2 heterocycles. The van der Waals surface area contributed by atoms with E-state index in [2.05, 4.69) is 15.2 Å². The lowest BCUT2D eigenvalue weighted by molar-refractivity contribution is -0.380. The first-order chi connectivity index (χ1) is 11.6. The van der Waals surface area contributed by atoms with Crippen LogP contribution in [0.1, 0.15) is 23.2 Å². The van der Waals surface area contributed by atoms with E-state index in [9.17, 15) is 14.9 Å². The molecule has 0 unspecified atom stereocenters. The van der Waals surface area contributed by atoms with Crippen LogP contribution in [0.15, 0.2) is 36.5 Å². The SMILES string of the molecule is O=C(NC[C@@H]1CCCN(c2ncc([N+](=O)[O-])s2)C1)c1ccccc1. The van der Waals surface area contributed by atoms with Crippen molar-refractivity contribution in [1.29, 1.82) is 0 Å². The van der Waals surface area contributed by atoms with Gasteiger partial charge >= 0.3 is 5.00 Å². The van der Waals surface area contributed by atoms with E-state index in [-0.39, 0.29) is 10.9 Å². The fourth-order valence-electron chi connectivity index (χ4n) is 2.82. The van der Waals surface area contributed by atoms with Crippen LogP contribution >= 0.6 is 11.3 Å². The quantitative estimate of drug-likeness (QED) is 0.664. The van der Waals surface area contributed by atoms with E-state index in [0.717, 1.165) is 37.3 Å². The van der Waals surface area contributed by atoms with Crippen molar-refractivity contribution in [2.45, 2.75) is 12.8 Å². The first kappa shape index (κ1) is 16.4. The van der Waals surface area contributed by atoms with Crippen molar-refractivity contribution in [2.75, 3.05) is 24.5 Å². The smallest absolute Gasteiger partial charge is 0.345 e. The number of amides is 1. The van der Waals surface area contributed by atoms with Crippen molar-refractivity contribution >= 4 is 27.4 Å². The Hall–Kier alpha value is -2.48. The number of nitro groups is 1. The molecule has 0 bridgehead atoms. The number of carbonyl (C=O) groups excluding carboxylic acids is 1. The molecule has 3 rings (SSSR count). The van der Waals surface area contributed by atoms with Gasteiger partial charge in [-0.25, -0.2) is 4.98 Å². The lowest BCUT2D eigenvalue weighted by Crippen LogP contribution is -2.41. The van der Waals surface area contributed by atoms with E-state index in [1.165, 1.54) is 6.20 Å². The zero-order valence-corrected chi connectivity index (χ0v) is 13.9. The number of nitrogens with zero attached hydrogens (tertiary/aromatic N) is 3. The van der Waals surface area contributed by atoms with Crippen LogP contribution in [0.3, 0.4) is 0 Å². The van der Waals surface area contributed by atoms with Gasteiger partial charge in [0.05, 0.1) is 4.92 Å². The third-order valence-corrected chi connectivity index (χ3v) is 5.05. The molecule has 1 saturated heterocycles. The van der Waals surface area contributed by atoms with Gasteiger partial charge in [-0.2, -0.15) is 0 Å². The van der Waals surface area contributed by atoms with Gasteiger partial charge in [-0.15, -0.1) is 0 Å². The largest absolute Gasteiger partial charge is 0.352 e. The average Bonchev–Trinajstić information content (AvgIpc) is 3.11. The molecule has 1 aromatic carbocycles. The number of thiazole rings is 1. The van der Waals surface area contributed by atoms with Crippen molar-refractivity contribution < 1.29 is 9.72 Å². The number of anilines is 1. The van der Waals surface area contributed by atoms with Crippen LogP contribution in [0.4, 0.5) is 10.1 Å². The summed E-state index contributed by atoms with van der Waals surface area (Å²) in [5.74, 6) is 0.243. The highest BCUT2D eigenvalue weighted by atomic mass is 32.1. The molecule has 1 aliphatic heterocycles. The fourth-order valence-corrected chi connectivity index (χ4v) is 3.59. The molecule has 8 heteroatoms. The Morgan fingerprint density at radius 3 is 2.92 bits per heavy atom. The highest BCUT2D eigenvalue weighted by molar-refractivity contribution is 7.18. The zero-order chi connectivity index (χ0) is 16.9. The first-order valence-corrected chi connectivity index (χ1v) is 8.63. The van der Waals surface area contributed by atoms with Gasteiger partial charge in [-0.3, -0.25) is 14.9 Å². The van der Waals surface area contributed by atoms with Crippen molar-refractivity contribution in [3.63, 3.8) is 0 Å². The van der Waals surface area contributed by atoms with Gasteiger partial charge in [-0.1, -0.05) is 18.2 Å². The molecule has 1 atom stereocenters. The maximum Gasteiger partial charge on any atom is 0.345 e. The van der Waals surface area contributed by atoms with Gasteiger partial charge in [0.1, 0.15) is 6.20 Å². The van der Waals surface area contributed by atoms with Crippen molar-refractivity contribution in [1.82, 2.24) is 10.3 Å². The Kier molecular flexibility index (Phi) is 5.05. The number of carbonyl (C=O) groups is 1. The third-order valence-electron chi connectivity index (χ3n) is 4.04. The van der Waals surface area contributed by atoms with E-state index in [4.69, 9.17) is 0 Å². The second-order valence-corrected chi connectivity index (χ2v) is 6.76. The van der Waals surface area contributed by atoms with Crippen LogP contribution < -0.4 is 10.2 Å². The van der Waals surface area contributed by atoms with E-state index in [1.807, 2.05) is 18.2 Å². The molecule has 7 nitrogen and oxygen atoms in total. The Balaban J connectivity index is 1.55. The summed E-state index contributed by atoms with van der Waals surface area (Å²) in [5, 5.41) is 14.5. The van der Waals surface area contributed by atoms with Crippen LogP contribution in [0.25, 0.3) is 0 Å². The first-order valence-electron chi connectivity index (χ1n) is 7.82. The minimum atomic E-state index is -0.414. The molecule has 0 radical (unpaired) electrons. The molecule has 2 aromatic rings. The van der Waals surface area contributed by atoms with Gasteiger partial charge in [0, 0.05) is 25.2 Å². The predicted octanol–water partition coefficient (Wildman–Crippen LogP) is 2.70. The number of piperidine rings is 1. The molecule has 0 aliphatic carbocycles. The van der Waals surface area contributed by atoms with E-state index < -0.39 is 4.92 Å². The molecular formula is C16H18N4O3S. The van der Waals surface area contributed by atoms with Gasteiger partial charge in [0.2, 0.25) is 0 Å². The number of hydrogen-bond donors (Lipinski definition) is 1. The number of rotatable bonds is 5. The monoisotopic (exact) mass is 346 g/mol. The number of aromatic nitrogens is 1. The van der Waals surface area contributed by atoms with Crippen LogP contribution in [0.2, 0.25) is 0 Å². The highest BCUT2D eigenvalue weighted by Crippen LogP contribution is 2.31. The standard InChI is InChI=1S/C16H18N4O3S/c21-15(13-6-2-1-3-7-13)17-9-12-5-4-8-19(11-12)16-18-10-14(24-16)20(22)23/h1-3,6-7,10,12H,4-5,8-9,11H2,(H,17,21)/t12-/m0/s1. The summed E-state index contributed by atoms with van der Waals surface area (Å²) < 4.78 is 0. The van der Waals surface area contributed by atoms with Gasteiger partial charge in [-0.05, 0) is 42.2 Å². The molecule has 1 aromatic heterocycles. The topological polar surface area (TPSA) is 88.4 Å². The van der Waals surface area contributed by atoms with Crippen LogP contribution in [-0.4, -0.2) is 35.4 Å². The highest BCUT2D eigenvalue weighted by Gasteiger charge is 2.24. The summed E-state index contributed by atoms with van der Waals surface area (Å²) >= 11 is 1.10. The normalized spacial score (nSPS) is 17.5. The summed E-state index contributed by atoms with van der Waals surface area (Å²) in [6, 6.07) is 9.14. The molecule has 1 fully saturated rings. The summed E-state index contributed by atoms with van der Waals surface area (Å²) in [5.41, 5.74) is 0.653. The number of benzene rings is 1. The Morgan fingerprint density at radius 2 is 2.21 bits per heavy atom. The summed E-state index contributed by atoms with van der Waals surface area (Å²) in [6.07, 6.45) is 3.32. The van der Waals surface area contributed by atoms with Gasteiger partial charge < -0.3 is 10.2 Å². The number of nitrogens with one attached hydrogen (secondary N) is 1. The average molecular weight is 346 g/mol. The predicted molar refractivity (Wildman–Crippen MR) is 92.5 cm³/mol. The van der Waals surface area contributed by atoms with Crippen molar-refractivity contribution in [3.05, 3.63) is 52.2 Å². The van der Waals surface area contributed by atoms with Gasteiger partial charge in [0.25, 0.3) is 5.91 Å². The maximum absolute atomic E-state index is 12.1. The van der Waals surface area contributed by atoms with Crippen LogP contribution in [-0.2, 0) is 0 Å². The molecule has 1 N–H and O–H groups in total. The zero-order valence-electron chi connectivity index (χ0n) is 13.1. The van der Waals surface area contributed by atoms with Gasteiger partial charge in [0.15, 0.2) is 5.13 Å². The Bertz CT molecular complexity index is 719. The van der Waals surface area contributed by atoms with Crippen LogP contribution in [0, 0.1) is 16.0 Å². The fraction of sp³-hybridized carbons (Fsp3) is 0.375. The Labute approximate surface area is 143 Å². The van der Waals surface area contributed by atoms with Crippen molar-refractivity contribution in [3.8, 4) is 0 Å². The third kappa shape index (κ3) is 3.88.